The predicted molar refractivity (Wildman–Crippen MR) is 135 cm³/mol. The maximum absolute atomic E-state index is 6.63. The van der Waals surface area contributed by atoms with E-state index in [4.69, 9.17) is 19.6 Å². The summed E-state index contributed by atoms with van der Waals surface area (Å²) in [6.45, 7) is 4.31. The van der Waals surface area contributed by atoms with Crippen molar-refractivity contribution in [1.29, 1.82) is 0 Å². The van der Waals surface area contributed by atoms with Gasteiger partial charge in [0.25, 0.3) is 0 Å². The van der Waals surface area contributed by atoms with Crippen LogP contribution in [0.1, 0.15) is 13.8 Å². The van der Waals surface area contributed by atoms with Gasteiger partial charge in [-0.25, -0.2) is 0 Å². The van der Waals surface area contributed by atoms with E-state index < -0.39 is 7.37 Å². The standard InChI is InChI=1S/C24H20ClO2PS2/c1-3-29-19-13-15-9-5-7-11-17(15)21-22-18-12-8-6-10-16(18)14-20(30-4-2)24(22)27-28(25)26-23(19)21/h5-14H,3-4H2,1-2H3. The van der Waals surface area contributed by atoms with E-state index in [1.54, 1.807) is 23.5 Å². The second-order valence-electron chi connectivity index (χ2n) is 6.86. The van der Waals surface area contributed by atoms with Crippen LogP contribution in [0.2, 0.25) is 0 Å². The summed E-state index contributed by atoms with van der Waals surface area (Å²) in [5.41, 5.74) is 1.67. The van der Waals surface area contributed by atoms with E-state index in [1.165, 1.54) is 10.8 Å². The van der Waals surface area contributed by atoms with Gasteiger partial charge in [-0.15, -0.1) is 23.5 Å². The highest BCUT2D eigenvalue weighted by molar-refractivity contribution is 7.99. The van der Waals surface area contributed by atoms with E-state index in [0.29, 0.717) is 0 Å². The zero-order chi connectivity index (χ0) is 20.7. The summed E-state index contributed by atoms with van der Waals surface area (Å²) >= 11 is 10.2. The van der Waals surface area contributed by atoms with Gasteiger partial charge in [0.05, 0.1) is 9.79 Å². The van der Waals surface area contributed by atoms with Crippen LogP contribution in [-0.4, -0.2) is 11.5 Å². The van der Waals surface area contributed by atoms with E-state index >= 15 is 0 Å². The second kappa shape index (κ2) is 8.43. The fourth-order valence-electron chi connectivity index (χ4n) is 3.97. The molecule has 5 aromatic rings. The van der Waals surface area contributed by atoms with Crippen LogP contribution in [0.5, 0.6) is 0 Å². The second-order valence-corrected chi connectivity index (χ2v) is 11.1. The first-order valence-electron chi connectivity index (χ1n) is 9.90. The van der Waals surface area contributed by atoms with Crippen LogP contribution in [-0.2, 0) is 0 Å². The third-order valence-corrected chi connectivity index (χ3v) is 7.98. The van der Waals surface area contributed by atoms with Crippen LogP contribution in [0.15, 0.2) is 78.8 Å². The van der Waals surface area contributed by atoms with Gasteiger partial charge in [-0.05, 0) is 45.2 Å². The Hall–Kier alpha value is -1.71. The van der Waals surface area contributed by atoms with E-state index in [2.05, 4.69) is 74.5 Å². The SMILES string of the molecule is CCSc1cc2ccccc2c2c1op(Cl)oc1c(SCC)cc3ccccc3c12. The summed E-state index contributed by atoms with van der Waals surface area (Å²) in [5, 5.41) is 6.87. The Balaban J connectivity index is 2.17. The minimum absolute atomic E-state index is 0.837. The number of benzene rings is 4. The molecule has 1 heterocycles. The summed E-state index contributed by atoms with van der Waals surface area (Å²) in [6.07, 6.45) is 0. The Labute approximate surface area is 189 Å². The molecule has 0 aliphatic rings. The first-order chi connectivity index (χ1) is 14.7. The first kappa shape index (κ1) is 20.2. The third-order valence-electron chi connectivity index (χ3n) is 5.11. The van der Waals surface area contributed by atoms with Crippen molar-refractivity contribution >= 4 is 85.6 Å². The van der Waals surface area contributed by atoms with Crippen molar-refractivity contribution in [2.24, 2.45) is 0 Å². The fraction of sp³-hybridized carbons (Fsp3) is 0.167. The maximum Gasteiger partial charge on any atom is 0.327 e. The molecule has 0 atom stereocenters. The topological polar surface area (TPSA) is 26.3 Å². The van der Waals surface area contributed by atoms with Crippen LogP contribution in [0.4, 0.5) is 0 Å². The van der Waals surface area contributed by atoms with Crippen LogP contribution in [0.25, 0.3) is 43.5 Å². The molecular weight excluding hydrogens is 451 g/mol. The van der Waals surface area contributed by atoms with Crippen molar-refractivity contribution in [1.82, 2.24) is 0 Å². The fourth-order valence-corrected chi connectivity index (χ4v) is 6.80. The average molecular weight is 471 g/mol. The monoisotopic (exact) mass is 470 g/mol. The van der Waals surface area contributed by atoms with Crippen molar-refractivity contribution in [3.63, 3.8) is 0 Å². The molecule has 152 valence electrons. The van der Waals surface area contributed by atoms with Gasteiger partial charge >= 0.3 is 7.37 Å². The Morgan fingerprint density at radius 2 is 1.17 bits per heavy atom. The van der Waals surface area contributed by atoms with Crippen molar-refractivity contribution < 1.29 is 8.39 Å². The first-order valence-corrected chi connectivity index (χ1v) is 14.0. The van der Waals surface area contributed by atoms with Gasteiger partial charge < -0.3 is 8.39 Å². The zero-order valence-corrected chi connectivity index (χ0v) is 19.9. The molecule has 30 heavy (non-hydrogen) atoms. The molecule has 5 rings (SSSR count). The number of hydrogen-bond donors (Lipinski definition) is 0. The quantitative estimate of drug-likeness (QED) is 0.244. The summed E-state index contributed by atoms with van der Waals surface area (Å²) < 4.78 is 12.6. The van der Waals surface area contributed by atoms with E-state index in [-0.39, 0.29) is 0 Å². The number of fused-ring (bicyclic) bond motifs is 7. The van der Waals surface area contributed by atoms with Crippen molar-refractivity contribution in [3.8, 4) is 0 Å². The highest BCUT2D eigenvalue weighted by atomic mass is 35.7. The van der Waals surface area contributed by atoms with Gasteiger partial charge in [-0.3, -0.25) is 0 Å². The Morgan fingerprint density at radius 3 is 1.60 bits per heavy atom. The minimum atomic E-state index is -1.61. The van der Waals surface area contributed by atoms with E-state index in [0.717, 1.165) is 54.0 Å². The van der Waals surface area contributed by atoms with Crippen LogP contribution < -0.4 is 0 Å². The van der Waals surface area contributed by atoms with Gasteiger partial charge in [0.1, 0.15) is 0 Å². The van der Waals surface area contributed by atoms with Gasteiger partial charge in [0.2, 0.25) is 0 Å². The molecule has 2 nitrogen and oxygen atoms in total. The van der Waals surface area contributed by atoms with Crippen LogP contribution in [0.3, 0.4) is 0 Å². The zero-order valence-electron chi connectivity index (χ0n) is 16.6. The summed E-state index contributed by atoms with van der Waals surface area (Å²) in [6, 6.07) is 21.4. The molecule has 0 saturated carbocycles. The van der Waals surface area contributed by atoms with Gasteiger partial charge in [-0.1, -0.05) is 62.4 Å². The summed E-state index contributed by atoms with van der Waals surface area (Å²) in [7, 11) is -1.61. The summed E-state index contributed by atoms with van der Waals surface area (Å²) in [4.78, 5) is 2.21. The summed E-state index contributed by atoms with van der Waals surface area (Å²) in [5.74, 6) is 1.91. The van der Waals surface area contributed by atoms with E-state index in [1.807, 2.05) is 0 Å². The van der Waals surface area contributed by atoms with Crippen molar-refractivity contribution in [3.05, 3.63) is 60.7 Å². The van der Waals surface area contributed by atoms with Crippen LogP contribution in [0, 0.1) is 0 Å². The molecule has 6 heteroatoms. The Bertz CT molecular complexity index is 1340. The molecule has 0 aliphatic carbocycles. The van der Waals surface area contributed by atoms with Gasteiger partial charge in [0, 0.05) is 22.0 Å². The molecule has 1 aromatic heterocycles. The lowest BCUT2D eigenvalue weighted by Crippen LogP contribution is -1.85. The molecule has 0 aliphatic heterocycles. The average Bonchev–Trinajstić information content (AvgIpc) is 2.91. The molecule has 0 bridgehead atoms. The molecule has 0 amide bonds. The molecule has 4 aromatic carbocycles. The maximum atomic E-state index is 6.63. The number of halogens is 1. The van der Waals surface area contributed by atoms with Crippen molar-refractivity contribution in [2.45, 2.75) is 23.6 Å². The minimum Gasteiger partial charge on any atom is -0.407 e. The molecule has 0 fully saturated rings. The van der Waals surface area contributed by atoms with Gasteiger partial charge in [-0.2, -0.15) is 0 Å². The van der Waals surface area contributed by atoms with Gasteiger partial charge in [0.15, 0.2) is 11.2 Å². The number of hydrogen-bond acceptors (Lipinski definition) is 4. The third kappa shape index (κ3) is 3.40. The molecule has 0 unspecified atom stereocenters. The number of rotatable bonds is 4. The largest absolute Gasteiger partial charge is 0.407 e. The molecule has 0 spiro atoms. The molecular formula is C24H20ClO2PS2. The molecule has 0 N–H and O–H groups in total. The molecule has 0 radical (unpaired) electrons. The lowest BCUT2D eigenvalue weighted by atomic mass is 9.98. The Morgan fingerprint density at radius 1 is 0.733 bits per heavy atom. The Kier molecular flexibility index (Phi) is 5.68. The predicted octanol–water partition coefficient (Wildman–Crippen LogP) is 9.82. The van der Waals surface area contributed by atoms with Crippen molar-refractivity contribution in [2.75, 3.05) is 11.5 Å². The highest BCUT2D eigenvalue weighted by Gasteiger charge is 2.18. The normalized spacial score (nSPS) is 11.7. The number of thioether (sulfide) groups is 2. The smallest absolute Gasteiger partial charge is 0.327 e. The van der Waals surface area contributed by atoms with E-state index in [9.17, 15) is 0 Å². The lowest BCUT2D eigenvalue weighted by Gasteiger charge is -2.10. The lowest BCUT2D eigenvalue weighted by molar-refractivity contribution is 0.648. The van der Waals surface area contributed by atoms with Crippen LogP contribution >= 0.6 is 42.1 Å². The molecule has 0 saturated heterocycles. The highest BCUT2D eigenvalue weighted by Crippen LogP contribution is 2.47.